The van der Waals surface area contributed by atoms with Crippen molar-refractivity contribution in [1.29, 1.82) is 0 Å². The summed E-state index contributed by atoms with van der Waals surface area (Å²) in [6.07, 6.45) is 1.87. The van der Waals surface area contributed by atoms with Crippen molar-refractivity contribution < 1.29 is 28.8 Å². The van der Waals surface area contributed by atoms with Gasteiger partial charge in [-0.1, -0.05) is 25.0 Å². The highest BCUT2D eigenvalue weighted by Crippen LogP contribution is 2.37. The number of benzene rings is 1. The average Bonchev–Trinajstić information content (AvgIpc) is 3.38. The van der Waals surface area contributed by atoms with Crippen molar-refractivity contribution in [2.24, 2.45) is 11.8 Å². The van der Waals surface area contributed by atoms with Crippen LogP contribution in [0.5, 0.6) is 0 Å². The number of anilines is 1. The number of thiazole rings is 1. The van der Waals surface area contributed by atoms with Crippen LogP contribution in [-0.2, 0) is 23.9 Å². The van der Waals surface area contributed by atoms with Crippen LogP contribution in [0.4, 0.5) is 10.8 Å². The molecule has 34 heavy (non-hydrogen) atoms. The van der Waals surface area contributed by atoms with Gasteiger partial charge in [-0.05, 0) is 19.8 Å². The molecule has 1 aliphatic heterocycles. The van der Waals surface area contributed by atoms with Gasteiger partial charge in [0.15, 0.2) is 11.2 Å². The molecule has 1 aliphatic carbocycles. The van der Waals surface area contributed by atoms with E-state index in [9.17, 15) is 29.3 Å². The van der Waals surface area contributed by atoms with E-state index in [-0.39, 0.29) is 34.5 Å². The Hall–Kier alpha value is -3.67. The van der Waals surface area contributed by atoms with Crippen LogP contribution in [0.15, 0.2) is 29.6 Å². The molecule has 1 aromatic carbocycles. The summed E-state index contributed by atoms with van der Waals surface area (Å²) in [7, 11) is 0. The normalized spacial score (nSPS) is 20.6. The summed E-state index contributed by atoms with van der Waals surface area (Å²) < 4.78 is 5.13. The SMILES string of the molecule is CC(OC(=O)CN1C(=O)C2CCCCC2C1=O)C(=O)Nc1nc(-c2cccc([N+](=O)[O-])c2)cs1. The summed E-state index contributed by atoms with van der Waals surface area (Å²) in [5.41, 5.74) is 0.887. The van der Waals surface area contributed by atoms with Gasteiger partial charge in [0.25, 0.3) is 11.6 Å². The Bertz CT molecular complexity index is 1140. The first kappa shape index (κ1) is 23.5. The fourth-order valence-corrected chi connectivity index (χ4v) is 4.98. The lowest BCUT2D eigenvalue weighted by atomic mass is 9.81. The third-order valence-corrected chi connectivity index (χ3v) is 6.74. The third-order valence-electron chi connectivity index (χ3n) is 5.98. The number of fused-ring (bicyclic) bond motifs is 1. The number of aromatic nitrogens is 1. The van der Waals surface area contributed by atoms with Crippen molar-refractivity contribution in [1.82, 2.24) is 9.88 Å². The monoisotopic (exact) mass is 486 g/mol. The van der Waals surface area contributed by atoms with E-state index < -0.39 is 29.4 Å². The number of imide groups is 1. The Morgan fingerprint density at radius 2 is 1.94 bits per heavy atom. The second-order valence-corrected chi connectivity index (χ2v) is 9.08. The number of rotatable bonds is 7. The molecule has 2 fully saturated rings. The van der Waals surface area contributed by atoms with E-state index in [1.54, 1.807) is 11.4 Å². The summed E-state index contributed by atoms with van der Waals surface area (Å²) in [5.74, 6) is -2.90. The molecule has 1 saturated heterocycles. The molecule has 3 amide bonds. The molecule has 3 atom stereocenters. The zero-order valence-corrected chi connectivity index (χ0v) is 19.1. The highest BCUT2D eigenvalue weighted by atomic mass is 32.1. The number of nitro benzene ring substituents is 1. The van der Waals surface area contributed by atoms with E-state index in [0.29, 0.717) is 24.1 Å². The van der Waals surface area contributed by atoms with E-state index in [4.69, 9.17) is 4.74 Å². The minimum atomic E-state index is -1.19. The number of nitrogens with one attached hydrogen (secondary N) is 1. The zero-order valence-electron chi connectivity index (χ0n) is 18.3. The van der Waals surface area contributed by atoms with Crippen molar-refractivity contribution >= 4 is 45.8 Å². The summed E-state index contributed by atoms with van der Waals surface area (Å²) in [5, 5.41) is 15.4. The van der Waals surface area contributed by atoms with Crippen LogP contribution in [-0.4, -0.2) is 51.1 Å². The molecule has 178 valence electrons. The number of amides is 3. The van der Waals surface area contributed by atoms with Gasteiger partial charge in [0.05, 0.1) is 22.5 Å². The maximum Gasteiger partial charge on any atom is 0.326 e. The maximum absolute atomic E-state index is 12.5. The molecule has 1 aromatic heterocycles. The minimum Gasteiger partial charge on any atom is -0.451 e. The Balaban J connectivity index is 1.32. The van der Waals surface area contributed by atoms with Gasteiger partial charge in [0.1, 0.15) is 6.54 Å². The van der Waals surface area contributed by atoms with Gasteiger partial charge < -0.3 is 4.74 Å². The Kier molecular flexibility index (Phi) is 6.68. The molecule has 1 N–H and O–H groups in total. The lowest BCUT2D eigenvalue weighted by Crippen LogP contribution is -2.39. The lowest BCUT2D eigenvalue weighted by Gasteiger charge is -2.19. The second-order valence-electron chi connectivity index (χ2n) is 8.23. The molecule has 0 spiro atoms. The number of non-ortho nitro benzene ring substituents is 1. The summed E-state index contributed by atoms with van der Waals surface area (Å²) >= 11 is 1.11. The van der Waals surface area contributed by atoms with E-state index in [2.05, 4.69) is 10.3 Å². The summed E-state index contributed by atoms with van der Waals surface area (Å²) in [4.78, 5) is 65.4. The molecular weight excluding hydrogens is 464 g/mol. The first-order chi connectivity index (χ1) is 16.2. The van der Waals surface area contributed by atoms with E-state index in [1.807, 2.05) is 0 Å². The molecule has 0 radical (unpaired) electrons. The molecule has 3 unspecified atom stereocenters. The largest absolute Gasteiger partial charge is 0.451 e. The van der Waals surface area contributed by atoms with Gasteiger partial charge in [-0.15, -0.1) is 11.3 Å². The third kappa shape index (κ3) is 4.81. The zero-order chi connectivity index (χ0) is 24.4. The van der Waals surface area contributed by atoms with Crippen molar-refractivity contribution in [3.05, 3.63) is 39.8 Å². The van der Waals surface area contributed by atoms with Crippen molar-refractivity contribution in [3.63, 3.8) is 0 Å². The lowest BCUT2D eigenvalue weighted by molar-refractivity contribution is -0.384. The number of nitrogens with zero attached hydrogens (tertiary/aromatic N) is 3. The van der Waals surface area contributed by atoms with Crippen LogP contribution in [0.2, 0.25) is 0 Å². The van der Waals surface area contributed by atoms with Gasteiger partial charge in [-0.2, -0.15) is 0 Å². The van der Waals surface area contributed by atoms with E-state index in [1.165, 1.54) is 25.1 Å². The molecule has 0 bridgehead atoms. The first-order valence-electron chi connectivity index (χ1n) is 10.8. The van der Waals surface area contributed by atoms with Crippen LogP contribution in [0, 0.1) is 22.0 Å². The molecule has 11 nitrogen and oxygen atoms in total. The number of carbonyl (C=O) groups excluding carboxylic acids is 4. The maximum atomic E-state index is 12.5. The quantitative estimate of drug-likeness (QED) is 0.272. The van der Waals surface area contributed by atoms with Crippen LogP contribution < -0.4 is 5.32 Å². The van der Waals surface area contributed by atoms with Gasteiger partial charge in [0.2, 0.25) is 11.8 Å². The topological polar surface area (TPSA) is 149 Å². The highest BCUT2D eigenvalue weighted by molar-refractivity contribution is 7.14. The fourth-order valence-electron chi connectivity index (χ4n) is 4.25. The molecule has 2 aliphatic rings. The standard InChI is InChI=1S/C22H22N4O7S/c1-12(33-18(27)10-25-20(29)15-7-2-3-8-16(15)21(25)30)19(28)24-22-23-17(11-34-22)13-5-4-6-14(9-13)26(31)32/h4-6,9,11-12,15-16H,2-3,7-8,10H2,1H3,(H,23,24,28). The number of hydrogen-bond donors (Lipinski definition) is 1. The number of nitro groups is 1. The molecule has 2 aromatic rings. The molecule has 1 saturated carbocycles. The van der Waals surface area contributed by atoms with Gasteiger partial charge in [-0.25, -0.2) is 4.98 Å². The Morgan fingerprint density at radius 1 is 1.26 bits per heavy atom. The Morgan fingerprint density at radius 3 is 2.59 bits per heavy atom. The van der Waals surface area contributed by atoms with Crippen LogP contribution in [0.1, 0.15) is 32.6 Å². The van der Waals surface area contributed by atoms with Crippen molar-refractivity contribution in [3.8, 4) is 11.3 Å². The highest BCUT2D eigenvalue weighted by Gasteiger charge is 2.48. The van der Waals surface area contributed by atoms with E-state index >= 15 is 0 Å². The average molecular weight is 487 g/mol. The number of carbonyl (C=O) groups is 4. The van der Waals surface area contributed by atoms with E-state index in [0.717, 1.165) is 29.1 Å². The van der Waals surface area contributed by atoms with Crippen LogP contribution in [0.25, 0.3) is 11.3 Å². The Labute approximate surface area is 198 Å². The predicted octanol–water partition coefficient (Wildman–Crippen LogP) is 2.76. The minimum absolute atomic E-state index is 0.0779. The second kappa shape index (κ2) is 9.67. The van der Waals surface area contributed by atoms with Crippen molar-refractivity contribution in [2.45, 2.75) is 38.7 Å². The smallest absolute Gasteiger partial charge is 0.326 e. The van der Waals surface area contributed by atoms with Crippen LogP contribution in [0.3, 0.4) is 0 Å². The summed E-state index contributed by atoms with van der Waals surface area (Å²) in [6.45, 7) is 0.853. The summed E-state index contributed by atoms with van der Waals surface area (Å²) in [6, 6.07) is 5.94. The van der Waals surface area contributed by atoms with Crippen LogP contribution >= 0.6 is 11.3 Å². The number of esters is 1. The molecule has 4 rings (SSSR count). The van der Waals surface area contributed by atoms with Gasteiger partial charge in [-0.3, -0.25) is 39.5 Å². The van der Waals surface area contributed by atoms with Gasteiger partial charge in [0, 0.05) is 23.1 Å². The van der Waals surface area contributed by atoms with Gasteiger partial charge >= 0.3 is 5.97 Å². The number of likely N-dealkylation sites (tertiary alicyclic amines) is 1. The fraction of sp³-hybridized carbons (Fsp3) is 0.409. The number of ether oxygens (including phenoxy) is 1. The molecular formula is C22H22N4O7S. The molecule has 12 heteroatoms. The molecule has 2 heterocycles. The number of hydrogen-bond acceptors (Lipinski definition) is 9. The van der Waals surface area contributed by atoms with Crippen molar-refractivity contribution in [2.75, 3.05) is 11.9 Å². The first-order valence-corrected chi connectivity index (χ1v) is 11.7. The predicted molar refractivity (Wildman–Crippen MR) is 121 cm³/mol.